The zero-order valence-corrected chi connectivity index (χ0v) is 10.2. The molecule has 1 aromatic heterocycles. The largest absolute Gasteiger partial charge is 0.481 e. The van der Waals surface area contributed by atoms with Gasteiger partial charge in [0.15, 0.2) is 0 Å². The Hall–Kier alpha value is -0.460. The molecule has 4 nitrogen and oxygen atoms in total. The van der Waals surface area contributed by atoms with Crippen LogP contribution in [0.2, 0.25) is 0 Å². The van der Waals surface area contributed by atoms with E-state index in [1.807, 2.05) is 0 Å². The third kappa shape index (κ3) is 3.04. The molecule has 0 aliphatic carbocycles. The third-order valence-electron chi connectivity index (χ3n) is 1.65. The highest BCUT2D eigenvalue weighted by Gasteiger charge is 2.14. The molecule has 1 unspecified atom stereocenters. The summed E-state index contributed by atoms with van der Waals surface area (Å²) in [6.07, 6.45) is 1.48. The van der Waals surface area contributed by atoms with Crippen molar-refractivity contribution in [1.29, 1.82) is 0 Å². The molecule has 6 heteroatoms. The minimum atomic E-state index is -0.919. The molecule has 0 radical (unpaired) electrons. The normalized spacial score (nSPS) is 12.5. The smallest absolute Gasteiger partial charge is 0.305 e. The van der Waals surface area contributed by atoms with E-state index in [4.69, 9.17) is 10.8 Å². The van der Waals surface area contributed by atoms with Crippen LogP contribution in [0.4, 0.5) is 0 Å². The molecule has 0 aliphatic heterocycles. The molecular weight excluding hydrogens is 316 g/mol. The molecule has 1 aromatic rings. The first-order valence-electron chi connectivity index (χ1n) is 3.79. The van der Waals surface area contributed by atoms with Crippen LogP contribution < -0.4 is 5.73 Å². The highest BCUT2D eigenvalue weighted by molar-refractivity contribution is 9.11. The maximum Gasteiger partial charge on any atom is 0.305 e. The van der Waals surface area contributed by atoms with Gasteiger partial charge in [-0.25, -0.2) is 4.98 Å². The van der Waals surface area contributed by atoms with E-state index in [9.17, 15) is 4.79 Å². The van der Waals surface area contributed by atoms with Crippen molar-refractivity contribution >= 4 is 37.8 Å². The van der Waals surface area contributed by atoms with Gasteiger partial charge >= 0.3 is 5.97 Å². The quantitative estimate of drug-likeness (QED) is 0.835. The molecule has 0 aromatic carbocycles. The van der Waals surface area contributed by atoms with E-state index in [0.29, 0.717) is 4.60 Å². The number of carboxylic acids is 1. The summed E-state index contributed by atoms with van der Waals surface area (Å²) < 4.78 is 1.35. The molecule has 1 rings (SSSR count). The van der Waals surface area contributed by atoms with Crippen molar-refractivity contribution in [2.75, 3.05) is 0 Å². The number of carboxylic acid groups (broad SMARTS) is 1. The van der Waals surface area contributed by atoms with E-state index in [1.165, 1.54) is 0 Å². The molecule has 14 heavy (non-hydrogen) atoms. The Labute approximate surface area is 97.8 Å². The van der Waals surface area contributed by atoms with Crippen LogP contribution in [0.3, 0.4) is 0 Å². The Morgan fingerprint density at radius 2 is 2.29 bits per heavy atom. The second-order valence-corrected chi connectivity index (χ2v) is 4.40. The number of rotatable bonds is 3. The van der Waals surface area contributed by atoms with Gasteiger partial charge in [-0.05, 0) is 43.5 Å². The van der Waals surface area contributed by atoms with Gasteiger partial charge in [-0.3, -0.25) is 4.79 Å². The van der Waals surface area contributed by atoms with Gasteiger partial charge in [-0.15, -0.1) is 0 Å². The van der Waals surface area contributed by atoms with Crippen LogP contribution in [0, 0.1) is 0 Å². The maximum absolute atomic E-state index is 10.5. The van der Waals surface area contributed by atoms with E-state index in [1.54, 1.807) is 12.3 Å². The number of halogens is 2. The van der Waals surface area contributed by atoms with Crippen molar-refractivity contribution in [2.24, 2.45) is 5.73 Å². The highest BCUT2D eigenvalue weighted by Crippen LogP contribution is 2.25. The number of carbonyl (C=O) groups is 1. The predicted molar refractivity (Wildman–Crippen MR) is 58.8 cm³/mol. The Balaban J connectivity index is 2.93. The number of aliphatic carboxylic acids is 1. The predicted octanol–water partition coefficient (Wildman–Crippen LogP) is 2.08. The lowest BCUT2D eigenvalue weighted by molar-refractivity contribution is -0.137. The lowest BCUT2D eigenvalue weighted by atomic mass is 10.1. The fourth-order valence-corrected chi connectivity index (χ4v) is 1.87. The summed E-state index contributed by atoms with van der Waals surface area (Å²) >= 11 is 6.46. The van der Waals surface area contributed by atoms with Crippen LogP contribution in [0.1, 0.15) is 18.0 Å². The average molecular weight is 324 g/mol. The summed E-state index contributed by atoms with van der Waals surface area (Å²) in [5.41, 5.74) is 6.44. The van der Waals surface area contributed by atoms with Crippen LogP contribution in [-0.4, -0.2) is 16.1 Å². The van der Waals surface area contributed by atoms with Gasteiger partial charge in [-0.2, -0.15) is 0 Å². The third-order valence-corrected chi connectivity index (χ3v) is 2.74. The van der Waals surface area contributed by atoms with Crippen LogP contribution in [-0.2, 0) is 4.79 Å². The van der Waals surface area contributed by atoms with E-state index in [2.05, 4.69) is 36.8 Å². The molecule has 1 atom stereocenters. The molecule has 0 spiro atoms. The van der Waals surface area contributed by atoms with Crippen molar-refractivity contribution in [3.05, 3.63) is 26.9 Å². The van der Waals surface area contributed by atoms with Gasteiger partial charge in [0.05, 0.1) is 6.42 Å². The van der Waals surface area contributed by atoms with E-state index in [-0.39, 0.29) is 6.42 Å². The summed E-state index contributed by atoms with van der Waals surface area (Å²) in [6, 6.07) is 1.18. The molecule has 0 saturated carbocycles. The Kier molecular flexibility index (Phi) is 4.03. The second-order valence-electron chi connectivity index (χ2n) is 2.73. The van der Waals surface area contributed by atoms with Gasteiger partial charge < -0.3 is 10.8 Å². The number of nitrogens with two attached hydrogens (primary N) is 1. The number of nitrogens with zero attached hydrogens (tertiary/aromatic N) is 1. The van der Waals surface area contributed by atoms with E-state index < -0.39 is 12.0 Å². The standard InChI is InChI=1S/C8H8Br2N2O2/c9-5-3-12-7(10)1-4(5)6(11)2-8(13)14/h1,3,6H,2,11H2,(H,13,14). The molecular formula is C8H8Br2N2O2. The molecule has 0 aliphatic rings. The topological polar surface area (TPSA) is 76.2 Å². The zero-order valence-electron chi connectivity index (χ0n) is 7.08. The summed E-state index contributed by atoms with van der Waals surface area (Å²) in [6.45, 7) is 0. The van der Waals surface area contributed by atoms with Gasteiger partial charge in [0, 0.05) is 16.7 Å². The first-order valence-corrected chi connectivity index (χ1v) is 5.37. The SMILES string of the molecule is NC(CC(=O)O)c1cc(Br)ncc1Br. The van der Waals surface area contributed by atoms with Crippen LogP contribution in [0.5, 0.6) is 0 Å². The van der Waals surface area contributed by atoms with E-state index in [0.717, 1.165) is 10.0 Å². The Bertz CT molecular complexity index is 357. The minimum absolute atomic E-state index is 0.102. The number of aromatic nitrogens is 1. The molecule has 76 valence electrons. The Morgan fingerprint density at radius 1 is 1.64 bits per heavy atom. The van der Waals surface area contributed by atoms with Crippen molar-refractivity contribution in [3.63, 3.8) is 0 Å². The van der Waals surface area contributed by atoms with Crippen LogP contribution in [0.15, 0.2) is 21.3 Å². The van der Waals surface area contributed by atoms with Crippen LogP contribution >= 0.6 is 31.9 Å². The van der Waals surface area contributed by atoms with Crippen LogP contribution in [0.25, 0.3) is 0 Å². The number of hydrogen-bond donors (Lipinski definition) is 2. The lowest BCUT2D eigenvalue weighted by Crippen LogP contribution is -2.15. The van der Waals surface area contributed by atoms with Gasteiger partial charge in [0.1, 0.15) is 4.60 Å². The fraction of sp³-hybridized carbons (Fsp3) is 0.250. The minimum Gasteiger partial charge on any atom is -0.481 e. The number of hydrogen-bond acceptors (Lipinski definition) is 3. The molecule has 0 saturated heterocycles. The first-order chi connectivity index (χ1) is 6.50. The molecule has 1 heterocycles. The summed E-state index contributed by atoms with van der Waals surface area (Å²) in [4.78, 5) is 14.4. The molecule has 3 N–H and O–H groups in total. The Morgan fingerprint density at radius 3 is 2.86 bits per heavy atom. The van der Waals surface area contributed by atoms with Crippen molar-refractivity contribution < 1.29 is 9.90 Å². The molecule has 0 amide bonds. The monoisotopic (exact) mass is 322 g/mol. The maximum atomic E-state index is 10.5. The average Bonchev–Trinajstić information content (AvgIpc) is 2.08. The van der Waals surface area contributed by atoms with Crippen molar-refractivity contribution in [3.8, 4) is 0 Å². The van der Waals surface area contributed by atoms with Crippen molar-refractivity contribution in [2.45, 2.75) is 12.5 Å². The second kappa shape index (κ2) is 4.86. The summed E-state index contributed by atoms with van der Waals surface area (Å²) in [5, 5.41) is 8.58. The summed E-state index contributed by atoms with van der Waals surface area (Å²) in [7, 11) is 0. The molecule has 0 bridgehead atoms. The summed E-state index contributed by atoms with van der Waals surface area (Å²) in [5.74, 6) is -0.919. The zero-order chi connectivity index (χ0) is 10.7. The highest BCUT2D eigenvalue weighted by atomic mass is 79.9. The van der Waals surface area contributed by atoms with Gasteiger partial charge in [-0.1, -0.05) is 0 Å². The fourth-order valence-electron chi connectivity index (χ4n) is 1.01. The van der Waals surface area contributed by atoms with Crippen molar-refractivity contribution in [1.82, 2.24) is 4.98 Å². The number of pyridine rings is 1. The van der Waals surface area contributed by atoms with E-state index >= 15 is 0 Å². The first kappa shape index (κ1) is 11.6. The molecule has 0 fully saturated rings. The van der Waals surface area contributed by atoms with Gasteiger partial charge in [0.2, 0.25) is 0 Å². The lowest BCUT2D eigenvalue weighted by Gasteiger charge is -2.11. The van der Waals surface area contributed by atoms with Gasteiger partial charge in [0.25, 0.3) is 0 Å².